The van der Waals surface area contributed by atoms with Crippen LogP contribution in [-0.2, 0) is 5.41 Å². The van der Waals surface area contributed by atoms with E-state index in [1.54, 1.807) is 4.90 Å². The fourth-order valence-electron chi connectivity index (χ4n) is 1.50. The van der Waals surface area contributed by atoms with Crippen LogP contribution in [0.2, 0.25) is 0 Å². The predicted molar refractivity (Wildman–Crippen MR) is 76.8 cm³/mol. The molecule has 0 saturated heterocycles. The molecule has 1 aromatic rings. The Balaban J connectivity index is 3.12. The van der Waals surface area contributed by atoms with Gasteiger partial charge < -0.3 is 9.64 Å². The van der Waals surface area contributed by atoms with E-state index in [9.17, 15) is 0 Å². The summed E-state index contributed by atoms with van der Waals surface area (Å²) < 4.78 is 5.75. The minimum absolute atomic E-state index is 0.0449. The van der Waals surface area contributed by atoms with Crippen molar-refractivity contribution in [3.63, 3.8) is 0 Å². The van der Waals surface area contributed by atoms with E-state index in [4.69, 9.17) is 17.0 Å². The molecule has 0 fully saturated rings. The van der Waals surface area contributed by atoms with Crippen LogP contribution in [-0.4, -0.2) is 24.2 Å². The van der Waals surface area contributed by atoms with E-state index in [0.29, 0.717) is 5.17 Å². The Labute approximate surface area is 110 Å². The van der Waals surface area contributed by atoms with Gasteiger partial charge in [-0.2, -0.15) is 0 Å². The quantitative estimate of drug-likeness (QED) is 0.709. The Morgan fingerprint density at radius 3 is 2.29 bits per heavy atom. The molecule has 0 aliphatic heterocycles. The molecule has 0 bridgehead atoms. The minimum atomic E-state index is 0.0449. The smallest absolute Gasteiger partial charge is 0.264 e. The molecule has 94 valence electrons. The first kappa shape index (κ1) is 14.0. The number of ether oxygens (including phenoxy) is 1. The zero-order valence-corrected chi connectivity index (χ0v) is 12.3. The van der Waals surface area contributed by atoms with Gasteiger partial charge in [-0.1, -0.05) is 38.5 Å². The summed E-state index contributed by atoms with van der Waals surface area (Å²) in [7, 11) is 3.76. The van der Waals surface area contributed by atoms with Gasteiger partial charge in [0.05, 0.1) is 0 Å². The molecule has 17 heavy (non-hydrogen) atoms. The van der Waals surface area contributed by atoms with Crippen molar-refractivity contribution in [2.75, 3.05) is 14.1 Å². The maximum Gasteiger partial charge on any atom is 0.264 e. The highest BCUT2D eigenvalue weighted by atomic mass is 32.1. The molecule has 1 aromatic carbocycles. The average Bonchev–Trinajstić information content (AvgIpc) is 2.18. The molecule has 0 radical (unpaired) electrons. The topological polar surface area (TPSA) is 12.5 Å². The van der Waals surface area contributed by atoms with Crippen molar-refractivity contribution in [2.24, 2.45) is 0 Å². The first-order valence-electron chi connectivity index (χ1n) is 5.72. The zero-order valence-electron chi connectivity index (χ0n) is 11.5. The number of rotatable bonds is 1. The standard InChI is InChI=1S/C14H21NOS/c1-10-7-8-12(16-13(17)15(5)6)11(9-10)14(2,3)4/h7-9H,1-6H3. The number of thiocarbonyl (C=S) groups is 1. The van der Waals surface area contributed by atoms with Crippen molar-refractivity contribution in [3.8, 4) is 5.75 Å². The van der Waals surface area contributed by atoms with Crippen LogP contribution in [0.3, 0.4) is 0 Å². The van der Waals surface area contributed by atoms with Crippen LogP contribution >= 0.6 is 12.2 Å². The van der Waals surface area contributed by atoms with Gasteiger partial charge in [0, 0.05) is 19.7 Å². The summed E-state index contributed by atoms with van der Waals surface area (Å²) in [6, 6.07) is 6.20. The predicted octanol–water partition coefficient (Wildman–Crippen LogP) is 3.52. The van der Waals surface area contributed by atoms with Gasteiger partial charge in [0.25, 0.3) is 5.17 Å². The van der Waals surface area contributed by atoms with Crippen LogP contribution < -0.4 is 4.74 Å². The van der Waals surface area contributed by atoms with Gasteiger partial charge in [-0.3, -0.25) is 0 Å². The molecule has 0 unspecified atom stereocenters. The van der Waals surface area contributed by atoms with Gasteiger partial charge in [0.1, 0.15) is 5.75 Å². The van der Waals surface area contributed by atoms with Gasteiger partial charge in [-0.25, -0.2) is 0 Å². The highest BCUT2D eigenvalue weighted by Crippen LogP contribution is 2.32. The second-order valence-electron chi connectivity index (χ2n) is 5.51. The number of hydrogen-bond donors (Lipinski definition) is 0. The summed E-state index contributed by atoms with van der Waals surface area (Å²) in [5.41, 5.74) is 2.46. The highest BCUT2D eigenvalue weighted by molar-refractivity contribution is 7.80. The molecule has 0 N–H and O–H groups in total. The van der Waals surface area contributed by atoms with E-state index >= 15 is 0 Å². The summed E-state index contributed by atoms with van der Waals surface area (Å²) in [4.78, 5) is 1.79. The summed E-state index contributed by atoms with van der Waals surface area (Å²) >= 11 is 5.18. The molecule has 0 aliphatic rings. The van der Waals surface area contributed by atoms with E-state index in [1.165, 1.54) is 11.1 Å². The van der Waals surface area contributed by atoms with Gasteiger partial charge >= 0.3 is 0 Å². The fourth-order valence-corrected chi connectivity index (χ4v) is 1.59. The molecular formula is C14H21NOS. The molecule has 0 saturated carbocycles. The molecule has 0 aliphatic carbocycles. The van der Waals surface area contributed by atoms with Crippen LogP contribution in [0.25, 0.3) is 0 Å². The van der Waals surface area contributed by atoms with Crippen molar-refractivity contribution in [1.82, 2.24) is 4.90 Å². The molecular weight excluding hydrogens is 230 g/mol. The Kier molecular flexibility index (Phi) is 4.15. The number of aryl methyl sites for hydroxylation is 1. The average molecular weight is 251 g/mol. The molecule has 0 spiro atoms. The Morgan fingerprint density at radius 2 is 1.82 bits per heavy atom. The Morgan fingerprint density at radius 1 is 1.24 bits per heavy atom. The largest absolute Gasteiger partial charge is 0.431 e. The summed E-state index contributed by atoms with van der Waals surface area (Å²) in [5, 5.41) is 0.486. The molecule has 0 amide bonds. The third-order valence-corrected chi connectivity index (χ3v) is 2.95. The number of benzene rings is 1. The molecule has 3 heteroatoms. The second kappa shape index (κ2) is 5.05. The molecule has 1 rings (SSSR count). The van der Waals surface area contributed by atoms with Gasteiger partial charge in [0.15, 0.2) is 0 Å². The van der Waals surface area contributed by atoms with Crippen LogP contribution in [0.5, 0.6) is 5.75 Å². The van der Waals surface area contributed by atoms with Crippen molar-refractivity contribution in [3.05, 3.63) is 29.3 Å². The first-order chi connectivity index (χ1) is 7.71. The monoisotopic (exact) mass is 251 g/mol. The van der Waals surface area contributed by atoms with E-state index in [2.05, 4.69) is 33.8 Å². The van der Waals surface area contributed by atoms with Crippen molar-refractivity contribution in [2.45, 2.75) is 33.1 Å². The van der Waals surface area contributed by atoms with Crippen molar-refractivity contribution < 1.29 is 4.74 Å². The van der Waals surface area contributed by atoms with Crippen LogP contribution in [0.15, 0.2) is 18.2 Å². The number of hydrogen-bond acceptors (Lipinski definition) is 2. The van der Waals surface area contributed by atoms with Crippen LogP contribution in [0.4, 0.5) is 0 Å². The second-order valence-corrected chi connectivity index (χ2v) is 5.86. The Hall–Kier alpha value is -1.09. The van der Waals surface area contributed by atoms with Crippen molar-refractivity contribution in [1.29, 1.82) is 0 Å². The molecule has 0 heterocycles. The SMILES string of the molecule is Cc1ccc(OC(=S)N(C)C)c(C(C)(C)C)c1. The van der Waals surface area contributed by atoms with Gasteiger partial charge in [0.2, 0.25) is 0 Å². The lowest BCUT2D eigenvalue weighted by Crippen LogP contribution is -2.26. The van der Waals surface area contributed by atoms with E-state index in [1.807, 2.05) is 26.2 Å². The molecule has 2 nitrogen and oxygen atoms in total. The number of nitrogens with zero attached hydrogens (tertiary/aromatic N) is 1. The lowest BCUT2D eigenvalue weighted by atomic mass is 9.85. The summed E-state index contributed by atoms with van der Waals surface area (Å²) in [5.74, 6) is 0.849. The fraction of sp³-hybridized carbons (Fsp3) is 0.500. The zero-order chi connectivity index (χ0) is 13.2. The normalized spacial score (nSPS) is 11.2. The first-order valence-corrected chi connectivity index (χ1v) is 6.13. The van der Waals surface area contributed by atoms with E-state index < -0.39 is 0 Å². The van der Waals surface area contributed by atoms with E-state index in [-0.39, 0.29) is 5.41 Å². The maximum absolute atomic E-state index is 5.75. The molecule has 0 aromatic heterocycles. The van der Waals surface area contributed by atoms with Crippen LogP contribution in [0, 0.1) is 6.92 Å². The Bertz CT molecular complexity index is 419. The summed E-state index contributed by atoms with van der Waals surface area (Å²) in [6.45, 7) is 8.61. The van der Waals surface area contributed by atoms with Crippen LogP contribution in [0.1, 0.15) is 31.9 Å². The highest BCUT2D eigenvalue weighted by Gasteiger charge is 2.20. The molecule has 0 atom stereocenters. The minimum Gasteiger partial charge on any atom is -0.431 e. The maximum atomic E-state index is 5.75. The third kappa shape index (κ3) is 3.70. The van der Waals surface area contributed by atoms with E-state index in [0.717, 1.165) is 5.75 Å². The van der Waals surface area contributed by atoms with Gasteiger partial charge in [-0.05, 0) is 30.6 Å². The lowest BCUT2D eigenvalue weighted by molar-refractivity contribution is 0.434. The van der Waals surface area contributed by atoms with Gasteiger partial charge in [-0.15, -0.1) is 0 Å². The lowest BCUT2D eigenvalue weighted by Gasteiger charge is -2.24. The summed E-state index contributed by atoms with van der Waals surface area (Å²) in [6.07, 6.45) is 0. The third-order valence-electron chi connectivity index (χ3n) is 2.51. The van der Waals surface area contributed by atoms with Crippen molar-refractivity contribution >= 4 is 17.4 Å².